The number of benzene rings is 2. The summed E-state index contributed by atoms with van der Waals surface area (Å²) in [4.78, 5) is 0. The van der Waals surface area contributed by atoms with Gasteiger partial charge in [-0.2, -0.15) is 13.2 Å². The van der Waals surface area contributed by atoms with E-state index >= 15 is 0 Å². The summed E-state index contributed by atoms with van der Waals surface area (Å²) in [5, 5.41) is 1.95. The fourth-order valence-corrected chi connectivity index (χ4v) is 3.49. The van der Waals surface area contributed by atoms with Crippen molar-refractivity contribution in [2.75, 3.05) is 0 Å². The van der Waals surface area contributed by atoms with Crippen LogP contribution in [0.15, 0.2) is 42.5 Å². The smallest absolute Gasteiger partial charge is 0.159 e. The van der Waals surface area contributed by atoms with Gasteiger partial charge in [-0.3, -0.25) is 0 Å². The number of rotatable bonds is 3. The lowest BCUT2D eigenvalue weighted by atomic mass is 9.84. The van der Waals surface area contributed by atoms with Crippen molar-refractivity contribution in [2.45, 2.75) is 45.2 Å². The van der Waals surface area contributed by atoms with Crippen LogP contribution in [0.25, 0.3) is 16.3 Å². The molecule has 0 aromatic heterocycles. The van der Waals surface area contributed by atoms with E-state index in [0.29, 0.717) is 5.56 Å². The zero-order valence-corrected chi connectivity index (χ0v) is 14.3. The Labute approximate surface area is 146 Å². The molecule has 2 aromatic carbocycles. The minimum absolute atomic E-state index is 0.386. The first-order valence-corrected chi connectivity index (χ1v) is 8.78. The van der Waals surface area contributed by atoms with E-state index in [1.165, 1.54) is 36.3 Å². The maximum atomic E-state index is 12.2. The Hall–Kier alpha value is -2.21. The van der Waals surface area contributed by atoms with Crippen LogP contribution in [0, 0.1) is 17.8 Å². The number of fused-ring (bicyclic) bond motifs is 1. The molecule has 0 aliphatic heterocycles. The van der Waals surface area contributed by atoms with Crippen LogP contribution in [0.5, 0.6) is 0 Å². The van der Waals surface area contributed by atoms with Crippen molar-refractivity contribution in [1.82, 2.24) is 0 Å². The third-order valence-electron chi connectivity index (χ3n) is 4.78. The highest BCUT2D eigenvalue weighted by atomic mass is 19.4. The minimum atomic E-state index is -4.46. The molecule has 2 aromatic rings. The average Bonchev–Trinajstić information content (AvgIpc) is 2.60. The summed E-state index contributed by atoms with van der Waals surface area (Å²) in [6.07, 6.45) is 3.92. The summed E-state index contributed by atoms with van der Waals surface area (Å²) in [6, 6.07) is 11.4. The Morgan fingerprint density at radius 3 is 2.52 bits per heavy atom. The third-order valence-corrected chi connectivity index (χ3v) is 4.78. The standard InChI is InChI=1S/C22H21F3/c1-2-3-16-4-7-18(8-5-16)20-11-10-19-14-17(6-9-21(19)15-20)12-13-22(23,24)25/h6-7,9-11,14-16H,2-5,8H2,1H3. The van der Waals surface area contributed by atoms with Gasteiger partial charge in [0.25, 0.3) is 0 Å². The summed E-state index contributed by atoms with van der Waals surface area (Å²) >= 11 is 0. The maximum Gasteiger partial charge on any atom is 0.458 e. The van der Waals surface area contributed by atoms with Gasteiger partial charge >= 0.3 is 6.18 Å². The first-order chi connectivity index (χ1) is 11.9. The molecule has 130 valence electrons. The van der Waals surface area contributed by atoms with Crippen LogP contribution in [0.1, 0.15) is 50.2 Å². The number of hydrogen-bond donors (Lipinski definition) is 0. The van der Waals surface area contributed by atoms with E-state index < -0.39 is 6.18 Å². The molecule has 0 heterocycles. The van der Waals surface area contributed by atoms with Gasteiger partial charge in [-0.15, -0.1) is 0 Å². The van der Waals surface area contributed by atoms with E-state index in [1.807, 2.05) is 12.1 Å². The second-order valence-corrected chi connectivity index (χ2v) is 6.68. The Bertz CT molecular complexity index is 847. The molecule has 3 heteroatoms. The molecular weight excluding hydrogens is 321 g/mol. The van der Waals surface area contributed by atoms with Crippen molar-refractivity contribution < 1.29 is 13.2 Å². The summed E-state index contributed by atoms with van der Waals surface area (Å²) in [5.74, 6) is 4.32. The summed E-state index contributed by atoms with van der Waals surface area (Å²) in [6.45, 7) is 2.23. The number of alkyl halides is 3. The molecule has 0 nitrogen and oxygen atoms in total. The SMILES string of the molecule is CCCC1CC=C(c2ccc3cc(C#CC(F)(F)F)ccc3c2)CC1. The lowest BCUT2D eigenvalue weighted by Gasteiger charge is -2.21. The van der Waals surface area contributed by atoms with Crippen molar-refractivity contribution in [3.8, 4) is 11.8 Å². The Morgan fingerprint density at radius 2 is 1.84 bits per heavy atom. The average molecular weight is 342 g/mol. The molecule has 3 rings (SSSR count). The van der Waals surface area contributed by atoms with Crippen molar-refractivity contribution in [3.63, 3.8) is 0 Å². The van der Waals surface area contributed by atoms with Gasteiger partial charge in [0.1, 0.15) is 0 Å². The number of allylic oxidation sites excluding steroid dienone is 2. The Kier molecular flexibility index (Phi) is 5.18. The van der Waals surface area contributed by atoms with Crippen LogP contribution < -0.4 is 0 Å². The zero-order valence-electron chi connectivity index (χ0n) is 14.3. The Morgan fingerprint density at radius 1 is 1.08 bits per heavy atom. The second kappa shape index (κ2) is 7.35. The van der Waals surface area contributed by atoms with Gasteiger partial charge in [0.2, 0.25) is 0 Å². The monoisotopic (exact) mass is 342 g/mol. The van der Waals surface area contributed by atoms with Crippen molar-refractivity contribution in [1.29, 1.82) is 0 Å². The van der Waals surface area contributed by atoms with Crippen LogP contribution >= 0.6 is 0 Å². The Balaban J connectivity index is 1.83. The quantitative estimate of drug-likeness (QED) is 0.542. The van der Waals surface area contributed by atoms with Crippen LogP contribution in [0.3, 0.4) is 0 Å². The lowest BCUT2D eigenvalue weighted by Crippen LogP contribution is -2.05. The molecule has 0 spiro atoms. The van der Waals surface area contributed by atoms with Crippen LogP contribution in [0.4, 0.5) is 13.2 Å². The summed E-state index contributed by atoms with van der Waals surface area (Å²) in [7, 11) is 0. The summed E-state index contributed by atoms with van der Waals surface area (Å²) in [5.41, 5.74) is 2.99. The van der Waals surface area contributed by atoms with Crippen molar-refractivity contribution in [2.24, 2.45) is 5.92 Å². The van der Waals surface area contributed by atoms with Crippen LogP contribution in [-0.2, 0) is 0 Å². The van der Waals surface area contributed by atoms with E-state index in [0.717, 1.165) is 29.5 Å². The largest absolute Gasteiger partial charge is 0.458 e. The zero-order chi connectivity index (χ0) is 17.9. The molecule has 1 atom stereocenters. The normalized spacial score (nSPS) is 17.8. The molecule has 0 amide bonds. The predicted octanol–water partition coefficient (Wildman–Crippen LogP) is 6.74. The summed E-state index contributed by atoms with van der Waals surface area (Å²) < 4.78 is 36.6. The van der Waals surface area contributed by atoms with E-state index in [2.05, 4.69) is 31.1 Å². The van der Waals surface area contributed by atoms with Gasteiger partial charge in [-0.25, -0.2) is 0 Å². The fourth-order valence-electron chi connectivity index (χ4n) is 3.49. The predicted molar refractivity (Wildman–Crippen MR) is 97.1 cm³/mol. The van der Waals surface area contributed by atoms with Crippen molar-refractivity contribution >= 4 is 16.3 Å². The fraction of sp³-hybridized carbons (Fsp3) is 0.364. The second-order valence-electron chi connectivity index (χ2n) is 6.68. The minimum Gasteiger partial charge on any atom is -0.159 e. The highest BCUT2D eigenvalue weighted by Gasteiger charge is 2.22. The first kappa shape index (κ1) is 17.6. The van der Waals surface area contributed by atoms with Crippen LogP contribution in [-0.4, -0.2) is 6.18 Å². The van der Waals surface area contributed by atoms with E-state index in [1.54, 1.807) is 12.1 Å². The van der Waals surface area contributed by atoms with Gasteiger partial charge in [-0.1, -0.05) is 50.0 Å². The maximum absolute atomic E-state index is 12.2. The molecule has 0 N–H and O–H groups in total. The molecule has 1 aliphatic rings. The molecule has 0 saturated heterocycles. The molecule has 0 bridgehead atoms. The van der Waals surface area contributed by atoms with Gasteiger partial charge in [0.15, 0.2) is 0 Å². The van der Waals surface area contributed by atoms with Gasteiger partial charge in [0.05, 0.1) is 0 Å². The molecule has 1 aliphatic carbocycles. The van der Waals surface area contributed by atoms with E-state index in [4.69, 9.17) is 0 Å². The van der Waals surface area contributed by atoms with Crippen LogP contribution in [0.2, 0.25) is 0 Å². The number of hydrogen-bond acceptors (Lipinski definition) is 0. The van der Waals surface area contributed by atoms with E-state index in [-0.39, 0.29) is 0 Å². The first-order valence-electron chi connectivity index (χ1n) is 8.78. The highest BCUT2D eigenvalue weighted by Crippen LogP contribution is 2.33. The third kappa shape index (κ3) is 4.66. The van der Waals surface area contributed by atoms with Gasteiger partial charge in [-0.05, 0) is 65.3 Å². The topological polar surface area (TPSA) is 0 Å². The molecular formula is C22H21F3. The molecule has 1 unspecified atom stereocenters. The van der Waals surface area contributed by atoms with Gasteiger partial charge < -0.3 is 0 Å². The molecule has 0 radical (unpaired) electrons. The molecule has 0 saturated carbocycles. The molecule has 0 fully saturated rings. The molecule has 25 heavy (non-hydrogen) atoms. The lowest BCUT2D eigenvalue weighted by molar-refractivity contribution is -0.0696. The van der Waals surface area contributed by atoms with Crippen molar-refractivity contribution in [3.05, 3.63) is 53.6 Å². The number of halogens is 3. The van der Waals surface area contributed by atoms with Gasteiger partial charge in [0, 0.05) is 11.5 Å². The van der Waals surface area contributed by atoms with E-state index in [9.17, 15) is 13.2 Å². The highest BCUT2D eigenvalue weighted by molar-refractivity contribution is 5.87.